The first-order valence-electron chi connectivity index (χ1n) is 7.54. The summed E-state index contributed by atoms with van der Waals surface area (Å²) in [6.07, 6.45) is 6.21. The zero-order valence-corrected chi connectivity index (χ0v) is 13.1. The molecule has 0 heterocycles. The van der Waals surface area contributed by atoms with Gasteiger partial charge in [-0.3, -0.25) is 4.90 Å². The van der Waals surface area contributed by atoms with E-state index in [1.165, 1.54) is 32.1 Å². The lowest BCUT2D eigenvalue weighted by Crippen LogP contribution is -2.36. The molecule has 4 heteroatoms. The molecule has 0 amide bonds. The van der Waals surface area contributed by atoms with Crippen molar-refractivity contribution in [2.24, 2.45) is 0 Å². The summed E-state index contributed by atoms with van der Waals surface area (Å²) in [5.41, 5.74) is 0.961. The van der Waals surface area contributed by atoms with Crippen LogP contribution in [0.25, 0.3) is 0 Å². The second kappa shape index (κ2) is 7.33. The smallest absolute Gasteiger partial charge is 0.161 e. The van der Waals surface area contributed by atoms with Gasteiger partial charge in [-0.1, -0.05) is 25.3 Å². The summed E-state index contributed by atoms with van der Waals surface area (Å²) >= 11 is 0. The zero-order chi connectivity index (χ0) is 15.2. The van der Waals surface area contributed by atoms with Crippen LogP contribution in [0, 0.1) is 11.3 Å². The van der Waals surface area contributed by atoms with Crippen molar-refractivity contribution in [1.29, 1.82) is 5.26 Å². The number of nitrogens with zero attached hydrogens (tertiary/aromatic N) is 2. The third-order valence-corrected chi connectivity index (χ3v) is 4.40. The molecule has 1 aromatic rings. The third kappa shape index (κ3) is 3.48. The van der Waals surface area contributed by atoms with Gasteiger partial charge in [-0.2, -0.15) is 5.26 Å². The molecule has 1 aliphatic carbocycles. The highest BCUT2D eigenvalue weighted by Crippen LogP contribution is 2.33. The normalized spacial score (nSPS) is 17.3. The van der Waals surface area contributed by atoms with Crippen LogP contribution < -0.4 is 9.47 Å². The van der Waals surface area contributed by atoms with Crippen LogP contribution in [-0.2, 0) is 0 Å². The number of hydrogen-bond donors (Lipinski definition) is 0. The van der Waals surface area contributed by atoms with Crippen molar-refractivity contribution in [3.8, 4) is 17.6 Å². The van der Waals surface area contributed by atoms with E-state index in [1.807, 2.05) is 18.2 Å². The topological polar surface area (TPSA) is 45.5 Å². The largest absolute Gasteiger partial charge is 0.493 e. The Balaban J connectivity index is 2.22. The van der Waals surface area contributed by atoms with Crippen molar-refractivity contribution in [2.75, 3.05) is 21.3 Å². The average Bonchev–Trinajstić information content (AvgIpc) is 2.56. The molecule has 1 unspecified atom stereocenters. The molecule has 1 atom stereocenters. The molecule has 114 valence electrons. The lowest BCUT2D eigenvalue weighted by Gasteiger charge is -2.34. The lowest BCUT2D eigenvalue weighted by atomic mass is 9.92. The number of hydrogen-bond acceptors (Lipinski definition) is 4. The molecule has 0 spiro atoms. The maximum atomic E-state index is 9.61. The van der Waals surface area contributed by atoms with E-state index in [0.717, 1.165) is 5.56 Å². The molecule has 2 rings (SSSR count). The standard InChI is InChI=1S/C17H24N2O2/c1-19(14-7-5-4-6-8-14)15(12-18)13-9-10-16(20-2)17(11-13)21-3/h9-11,14-15H,4-8H2,1-3H3. The van der Waals surface area contributed by atoms with E-state index in [9.17, 15) is 5.26 Å². The number of methoxy groups -OCH3 is 2. The quantitative estimate of drug-likeness (QED) is 0.831. The summed E-state index contributed by atoms with van der Waals surface area (Å²) in [6.45, 7) is 0. The van der Waals surface area contributed by atoms with Gasteiger partial charge in [0, 0.05) is 6.04 Å². The summed E-state index contributed by atoms with van der Waals surface area (Å²) in [5.74, 6) is 1.37. The second-order valence-electron chi connectivity index (χ2n) is 5.60. The Hall–Kier alpha value is -1.73. The molecule has 0 bridgehead atoms. The third-order valence-electron chi connectivity index (χ3n) is 4.40. The average molecular weight is 288 g/mol. The van der Waals surface area contributed by atoms with Crippen molar-refractivity contribution >= 4 is 0 Å². The maximum Gasteiger partial charge on any atom is 0.161 e. The Morgan fingerprint density at radius 2 is 1.81 bits per heavy atom. The van der Waals surface area contributed by atoms with E-state index in [4.69, 9.17) is 9.47 Å². The minimum absolute atomic E-state index is 0.243. The van der Waals surface area contributed by atoms with Crippen LogP contribution in [-0.4, -0.2) is 32.2 Å². The minimum Gasteiger partial charge on any atom is -0.493 e. The van der Waals surface area contributed by atoms with E-state index in [-0.39, 0.29) is 6.04 Å². The van der Waals surface area contributed by atoms with E-state index >= 15 is 0 Å². The molecule has 0 radical (unpaired) electrons. The Kier molecular flexibility index (Phi) is 5.46. The van der Waals surface area contributed by atoms with E-state index < -0.39 is 0 Å². The molecule has 21 heavy (non-hydrogen) atoms. The van der Waals surface area contributed by atoms with Gasteiger partial charge in [0.15, 0.2) is 11.5 Å². The molecule has 4 nitrogen and oxygen atoms in total. The van der Waals surface area contributed by atoms with Crippen molar-refractivity contribution in [2.45, 2.75) is 44.2 Å². The van der Waals surface area contributed by atoms with E-state index in [2.05, 4.69) is 18.0 Å². The fourth-order valence-corrected chi connectivity index (χ4v) is 3.12. The highest BCUT2D eigenvalue weighted by Gasteiger charge is 2.26. The first-order valence-corrected chi connectivity index (χ1v) is 7.54. The first-order chi connectivity index (χ1) is 10.2. The number of rotatable bonds is 5. The Morgan fingerprint density at radius 1 is 1.14 bits per heavy atom. The van der Waals surface area contributed by atoms with Gasteiger partial charge in [-0.15, -0.1) is 0 Å². The number of nitriles is 1. The van der Waals surface area contributed by atoms with Crippen LogP contribution in [0.3, 0.4) is 0 Å². The Morgan fingerprint density at radius 3 is 2.38 bits per heavy atom. The van der Waals surface area contributed by atoms with Gasteiger partial charge in [0.05, 0.1) is 20.3 Å². The molecule has 1 fully saturated rings. The monoisotopic (exact) mass is 288 g/mol. The van der Waals surface area contributed by atoms with Gasteiger partial charge in [0.25, 0.3) is 0 Å². The van der Waals surface area contributed by atoms with Gasteiger partial charge in [-0.05, 0) is 37.6 Å². The highest BCUT2D eigenvalue weighted by molar-refractivity contribution is 5.44. The molecule has 1 aliphatic rings. The van der Waals surface area contributed by atoms with Crippen molar-refractivity contribution < 1.29 is 9.47 Å². The summed E-state index contributed by atoms with van der Waals surface area (Å²) in [7, 11) is 5.29. The van der Waals surface area contributed by atoms with Gasteiger partial charge >= 0.3 is 0 Å². The SMILES string of the molecule is COc1ccc(C(C#N)N(C)C2CCCCC2)cc1OC. The number of benzene rings is 1. The summed E-state index contributed by atoms with van der Waals surface area (Å²) < 4.78 is 10.6. The molecule has 0 aromatic heterocycles. The van der Waals surface area contributed by atoms with Gasteiger partial charge in [0.1, 0.15) is 6.04 Å². The van der Waals surface area contributed by atoms with Gasteiger partial charge < -0.3 is 9.47 Å². The Labute approximate surface area is 127 Å². The summed E-state index contributed by atoms with van der Waals surface area (Å²) in [4.78, 5) is 2.21. The zero-order valence-electron chi connectivity index (χ0n) is 13.1. The maximum absolute atomic E-state index is 9.61. The van der Waals surface area contributed by atoms with Crippen molar-refractivity contribution in [3.63, 3.8) is 0 Å². The number of ether oxygens (including phenoxy) is 2. The predicted molar refractivity (Wildman–Crippen MR) is 82.5 cm³/mol. The second-order valence-corrected chi connectivity index (χ2v) is 5.60. The molecule has 0 aliphatic heterocycles. The molecular formula is C17H24N2O2. The van der Waals surface area contributed by atoms with Crippen LogP contribution in [0.5, 0.6) is 11.5 Å². The lowest BCUT2D eigenvalue weighted by molar-refractivity contribution is 0.164. The minimum atomic E-state index is -0.243. The fourth-order valence-electron chi connectivity index (χ4n) is 3.12. The summed E-state index contributed by atoms with van der Waals surface area (Å²) in [6, 6.07) is 8.42. The van der Waals surface area contributed by atoms with E-state index in [1.54, 1.807) is 14.2 Å². The highest BCUT2D eigenvalue weighted by atomic mass is 16.5. The van der Waals surface area contributed by atoms with Crippen LogP contribution in [0.4, 0.5) is 0 Å². The first kappa shape index (κ1) is 15.7. The Bertz CT molecular complexity index is 504. The van der Waals surface area contributed by atoms with Gasteiger partial charge in [-0.25, -0.2) is 0 Å². The fraction of sp³-hybridized carbons (Fsp3) is 0.588. The van der Waals surface area contributed by atoms with Crippen molar-refractivity contribution in [1.82, 2.24) is 4.90 Å². The predicted octanol–water partition coefficient (Wildman–Crippen LogP) is 3.53. The molecular weight excluding hydrogens is 264 g/mol. The van der Waals surface area contributed by atoms with E-state index in [0.29, 0.717) is 17.5 Å². The van der Waals surface area contributed by atoms with Crippen LogP contribution in [0.1, 0.15) is 43.7 Å². The van der Waals surface area contributed by atoms with Crippen LogP contribution in [0.15, 0.2) is 18.2 Å². The van der Waals surface area contributed by atoms with Crippen LogP contribution in [0.2, 0.25) is 0 Å². The molecule has 1 saturated carbocycles. The summed E-state index contributed by atoms with van der Waals surface area (Å²) in [5, 5.41) is 9.61. The molecule has 0 N–H and O–H groups in total. The molecule has 1 aromatic carbocycles. The van der Waals surface area contributed by atoms with Gasteiger partial charge in [0.2, 0.25) is 0 Å². The van der Waals surface area contributed by atoms with Crippen molar-refractivity contribution in [3.05, 3.63) is 23.8 Å². The molecule has 0 saturated heterocycles. The van der Waals surface area contributed by atoms with Crippen LogP contribution >= 0.6 is 0 Å².